The van der Waals surface area contributed by atoms with E-state index in [1.54, 1.807) is 0 Å². The molecule has 1 N–H and O–H groups in total. The van der Waals surface area contributed by atoms with Gasteiger partial charge in [0.15, 0.2) is 0 Å². The van der Waals surface area contributed by atoms with Crippen molar-refractivity contribution in [1.82, 2.24) is 9.80 Å². The molecule has 0 aliphatic carbocycles. The van der Waals surface area contributed by atoms with Gasteiger partial charge in [-0.25, -0.2) is 0 Å². The van der Waals surface area contributed by atoms with Gasteiger partial charge in [-0.3, -0.25) is 9.80 Å². The van der Waals surface area contributed by atoms with Crippen molar-refractivity contribution >= 4 is 0 Å². The van der Waals surface area contributed by atoms with Crippen molar-refractivity contribution in [3.63, 3.8) is 0 Å². The predicted octanol–water partition coefficient (Wildman–Crippen LogP) is 1.48. The summed E-state index contributed by atoms with van der Waals surface area (Å²) in [5, 5.41) is 9.89. The second-order valence-corrected chi connectivity index (χ2v) is 5.46. The van der Waals surface area contributed by atoms with Crippen molar-refractivity contribution in [2.75, 3.05) is 32.7 Å². The number of allylic oxidation sites excluding steroid dienone is 1. The monoisotopic (exact) mass is 238 g/mol. The molecule has 0 radical (unpaired) electrons. The van der Waals surface area contributed by atoms with Gasteiger partial charge in [0, 0.05) is 19.1 Å². The van der Waals surface area contributed by atoms with E-state index in [0.717, 1.165) is 38.5 Å². The molecule has 2 aliphatic heterocycles. The molecule has 0 amide bonds. The van der Waals surface area contributed by atoms with Gasteiger partial charge in [-0.2, -0.15) is 0 Å². The van der Waals surface area contributed by atoms with Crippen LogP contribution in [0.5, 0.6) is 0 Å². The van der Waals surface area contributed by atoms with Gasteiger partial charge < -0.3 is 5.11 Å². The van der Waals surface area contributed by atoms with Crippen LogP contribution in [0.1, 0.15) is 32.1 Å². The van der Waals surface area contributed by atoms with Crippen LogP contribution in [0.15, 0.2) is 12.7 Å². The van der Waals surface area contributed by atoms with E-state index >= 15 is 0 Å². The number of hydrogen-bond acceptors (Lipinski definition) is 3. The second-order valence-electron chi connectivity index (χ2n) is 5.46. The highest BCUT2D eigenvalue weighted by Gasteiger charge is 2.29. The molecule has 2 atom stereocenters. The maximum absolute atomic E-state index is 9.89. The summed E-state index contributed by atoms with van der Waals surface area (Å²) >= 11 is 0. The van der Waals surface area contributed by atoms with Crippen LogP contribution in [0.4, 0.5) is 0 Å². The fraction of sp³-hybridized carbons (Fsp3) is 0.857. The van der Waals surface area contributed by atoms with Gasteiger partial charge in [-0.15, -0.1) is 6.58 Å². The Hall–Kier alpha value is -0.380. The standard InChI is InChI=1S/C14H26N2O/c1-2-3-6-14(17)12-15-10-7-13(11-15)16-8-4-5-9-16/h2,13-14,17H,1,3-12H2. The second kappa shape index (κ2) is 6.53. The van der Waals surface area contributed by atoms with E-state index in [9.17, 15) is 5.11 Å². The van der Waals surface area contributed by atoms with Crippen LogP contribution in [0, 0.1) is 0 Å². The summed E-state index contributed by atoms with van der Waals surface area (Å²) in [5.41, 5.74) is 0. The van der Waals surface area contributed by atoms with Crippen molar-refractivity contribution < 1.29 is 5.11 Å². The van der Waals surface area contributed by atoms with E-state index in [-0.39, 0.29) is 6.10 Å². The summed E-state index contributed by atoms with van der Waals surface area (Å²) in [4.78, 5) is 5.06. The number of β-amino-alcohol motifs (C(OH)–C–C–N with tert-alkyl or cyclic N) is 1. The zero-order valence-electron chi connectivity index (χ0n) is 10.9. The van der Waals surface area contributed by atoms with Crippen molar-refractivity contribution in [2.24, 2.45) is 0 Å². The number of rotatable bonds is 6. The Kier molecular flexibility index (Phi) is 5.01. The molecular weight excluding hydrogens is 212 g/mol. The molecule has 2 unspecified atom stereocenters. The maximum Gasteiger partial charge on any atom is 0.0670 e. The predicted molar refractivity (Wildman–Crippen MR) is 71.1 cm³/mol. The van der Waals surface area contributed by atoms with Crippen LogP contribution in [-0.2, 0) is 0 Å². The van der Waals surface area contributed by atoms with E-state index in [2.05, 4.69) is 16.4 Å². The first kappa shape index (κ1) is 13.1. The van der Waals surface area contributed by atoms with Crippen molar-refractivity contribution in [1.29, 1.82) is 0 Å². The molecule has 2 fully saturated rings. The first-order chi connectivity index (χ1) is 8.29. The Morgan fingerprint density at radius 1 is 1.29 bits per heavy atom. The third-order valence-electron chi connectivity index (χ3n) is 4.08. The summed E-state index contributed by atoms with van der Waals surface area (Å²) in [5.74, 6) is 0. The Bertz CT molecular complexity index is 238. The number of hydrogen-bond donors (Lipinski definition) is 1. The highest BCUT2D eigenvalue weighted by Crippen LogP contribution is 2.20. The van der Waals surface area contributed by atoms with Gasteiger partial charge in [-0.1, -0.05) is 6.08 Å². The van der Waals surface area contributed by atoms with E-state index in [1.165, 1.54) is 32.4 Å². The molecule has 0 aromatic carbocycles. The molecule has 2 rings (SSSR count). The van der Waals surface area contributed by atoms with Gasteiger partial charge in [0.05, 0.1) is 6.10 Å². The molecule has 0 spiro atoms. The Morgan fingerprint density at radius 2 is 2.06 bits per heavy atom. The van der Waals surface area contributed by atoms with Crippen LogP contribution in [-0.4, -0.2) is 59.8 Å². The van der Waals surface area contributed by atoms with Gasteiger partial charge in [0.1, 0.15) is 0 Å². The quantitative estimate of drug-likeness (QED) is 0.710. The molecule has 2 heterocycles. The fourth-order valence-corrected chi connectivity index (χ4v) is 3.08. The van der Waals surface area contributed by atoms with Crippen molar-refractivity contribution in [2.45, 2.75) is 44.2 Å². The third kappa shape index (κ3) is 3.80. The first-order valence-corrected chi connectivity index (χ1v) is 7.05. The molecule has 0 bridgehead atoms. The highest BCUT2D eigenvalue weighted by atomic mass is 16.3. The highest BCUT2D eigenvalue weighted by molar-refractivity contribution is 4.86. The van der Waals surface area contributed by atoms with Crippen LogP contribution in [0.2, 0.25) is 0 Å². The summed E-state index contributed by atoms with van der Waals surface area (Å²) in [6, 6.07) is 0.754. The normalized spacial score (nSPS) is 28.6. The topological polar surface area (TPSA) is 26.7 Å². The summed E-state index contributed by atoms with van der Waals surface area (Å²) in [6.45, 7) is 9.44. The molecule has 17 heavy (non-hydrogen) atoms. The average molecular weight is 238 g/mol. The number of aliphatic hydroxyl groups excluding tert-OH is 1. The lowest BCUT2D eigenvalue weighted by Crippen LogP contribution is -2.37. The molecule has 2 aliphatic rings. The van der Waals surface area contributed by atoms with E-state index in [1.807, 2.05) is 6.08 Å². The van der Waals surface area contributed by atoms with Gasteiger partial charge in [0.2, 0.25) is 0 Å². The summed E-state index contributed by atoms with van der Waals surface area (Å²) in [7, 11) is 0. The van der Waals surface area contributed by atoms with Gasteiger partial charge in [0.25, 0.3) is 0 Å². The number of aliphatic hydroxyl groups is 1. The maximum atomic E-state index is 9.89. The molecule has 98 valence electrons. The zero-order chi connectivity index (χ0) is 12.1. The molecule has 3 heteroatoms. The van der Waals surface area contributed by atoms with Gasteiger partial charge >= 0.3 is 0 Å². The minimum atomic E-state index is -0.176. The lowest BCUT2D eigenvalue weighted by molar-refractivity contribution is 0.113. The molecule has 2 saturated heterocycles. The molecule has 0 saturated carbocycles. The van der Waals surface area contributed by atoms with Crippen LogP contribution in [0.25, 0.3) is 0 Å². The van der Waals surface area contributed by atoms with E-state index in [0.29, 0.717) is 0 Å². The average Bonchev–Trinajstić information content (AvgIpc) is 2.95. The summed E-state index contributed by atoms with van der Waals surface area (Å²) in [6.07, 6.45) is 7.52. The Labute approximate surface area is 105 Å². The molecule has 0 aromatic heterocycles. The number of likely N-dealkylation sites (tertiary alicyclic amines) is 2. The van der Waals surface area contributed by atoms with Crippen LogP contribution >= 0.6 is 0 Å². The molecule has 0 aromatic rings. The summed E-state index contributed by atoms with van der Waals surface area (Å²) < 4.78 is 0. The van der Waals surface area contributed by atoms with E-state index < -0.39 is 0 Å². The largest absolute Gasteiger partial charge is 0.392 e. The lowest BCUT2D eigenvalue weighted by atomic mass is 10.2. The van der Waals surface area contributed by atoms with Crippen LogP contribution in [0.3, 0.4) is 0 Å². The molecule has 3 nitrogen and oxygen atoms in total. The minimum Gasteiger partial charge on any atom is -0.392 e. The van der Waals surface area contributed by atoms with Gasteiger partial charge in [-0.05, 0) is 51.7 Å². The van der Waals surface area contributed by atoms with Crippen LogP contribution < -0.4 is 0 Å². The van der Waals surface area contributed by atoms with E-state index in [4.69, 9.17) is 0 Å². The smallest absolute Gasteiger partial charge is 0.0670 e. The van der Waals surface area contributed by atoms with Crippen molar-refractivity contribution in [3.05, 3.63) is 12.7 Å². The SMILES string of the molecule is C=CCCC(O)CN1CCC(N2CCCC2)C1. The Morgan fingerprint density at radius 3 is 2.76 bits per heavy atom. The Balaban J connectivity index is 1.68. The number of nitrogens with zero attached hydrogens (tertiary/aromatic N) is 2. The van der Waals surface area contributed by atoms with Crippen molar-refractivity contribution in [3.8, 4) is 0 Å². The molecular formula is C14H26N2O. The zero-order valence-corrected chi connectivity index (χ0v) is 10.9. The first-order valence-electron chi connectivity index (χ1n) is 7.05. The third-order valence-corrected chi connectivity index (χ3v) is 4.08. The minimum absolute atomic E-state index is 0.176. The lowest BCUT2D eigenvalue weighted by Gasteiger charge is -2.24. The fourth-order valence-electron chi connectivity index (χ4n) is 3.08.